The number of para-hydroxylation sites is 1. The van der Waals surface area contributed by atoms with Crippen molar-refractivity contribution in [2.75, 3.05) is 12.1 Å². The van der Waals surface area contributed by atoms with Gasteiger partial charge in [0.05, 0.1) is 5.56 Å². The molecule has 1 aliphatic heterocycles. The Balaban J connectivity index is 1.54. The van der Waals surface area contributed by atoms with Crippen molar-refractivity contribution in [1.82, 2.24) is 9.78 Å². The van der Waals surface area contributed by atoms with Crippen molar-refractivity contribution in [3.63, 3.8) is 0 Å². The molecule has 6 heteroatoms. The van der Waals surface area contributed by atoms with E-state index in [0.29, 0.717) is 17.2 Å². The molecule has 2 heterocycles. The quantitative estimate of drug-likeness (QED) is 0.714. The Bertz CT molecular complexity index is 1090. The molecule has 1 amide bonds. The number of ether oxygens (including phenoxy) is 2. The van der Waals surface area contributed by atoms with Crippen LogP contribution >= 0.6 is 0 Å². The predicted octanol–water partition coefficient (Wildman–Crippen LogP) is 3.11. The molecule has 27 heavy (non-hydrogen) atoms. The molecule has 0 fully saturated rings. The Morgan fingerprint density at radius 2 is 2.07 bits per heavy atom. The van der Waals surface area contributed by atoms with Gasteiger partial charge >= 0.3 is 0 Å². The van der Waals surface area contributed by atoms with Crippen molar-refractivity contribution in [3.8, 4) is 23.3 Å². The Labute approximate surface area is 156 Å². The third-order valence-corrected chi connectivity index (χ3v) is 4.27. The van der Waals surface area contributed by atoms with Gasteiger partial charge in [0.2, 0.25) is 6.79 Å². The van der Waals surface area contributed by atoms with Gasteiger partial charge in [0.25, 0.3) is 5.91 Å². The summed E-state index contributed by atoms with van der Waals surface area (Å²) < 4.78 is 12.4. The molecule has 0 bridgehead atoms. The molecule has 0 saturated heterocycles. The highest BCUT2D eigenvalue weighted by Crippen LogP contribution is 2.34. The zero-order chi connectivity index (χ0) is 18.8. The molecule has 6 nitrogen and oxygen atoms in total. The standard InChI is InChI=1S/C21H17N3O3/c1-14-12-15(6-8-16-4-3-5-19-20(16)27-13-26-19)7-9-17(14)23-21(25)18-10-11-22-24(18)2/h3-5,7,9-12H,13H2,1-2H3,(H,23,25). The van der Waals surface area contributed by atoms with Crippen LogP contribution < -0.4 is 14.8 Å². The van der Waals surface area contributed by atoms with E-state index < -0.39 is 0 Å². The van der Waals surface area contributed by atoms with Gasteiger partial charge in [0.15, 0.2) is 11.5 Å². The Hall–Kier alpha value is -3.72. The molecule has 4 rings (SSSR count). The zero-order valence-electron chi connectivity index (χ0n) is 14.9. The summed E-state index contributed by atoms with van der Waals surface area (Å²) in [4.78, 5) is 12.3. The minimum absolute atomic E-state index is 0.200. The SMILES string of the molecule is Cc1cc(C#Cc2cccc3c2OCO3)ccc1NC(=O)c1ccnn1C. The lowest BCUT2D eigenvalue weighted by Crippen LogP contribution is -2.16. The minimum Gasteiger partial charge on any atom is -0.454 e. The minimum atomic E-state index is -0.200. The second kappa shape index (κ2) is 6.89. The fraction of sp³-hybridized carbons (Fsp3) is 0.143. The monoisotopic (exact) mass is 359 g/mol. The Morgan fingerprint density at radius 1 is 1.19 bits per heavy atom. The molecule has 0 spiro atoms. The van der Waals surface area contributed by atoms with Crippen LogP contribution in [0.4, 0.5) is 5.69 Å². The Kier molecular flexibility index (Phi) is 4.27. The first-order valence-corrected chi connectivity index (χ1v) is 8.42. The molecule has 1 aliphatic rings. The van der Waals surface area contributed by atoms with Gasteiger partial charge in [0, 0.05) is 24.5 Å². The number of rotatable bonds is 2. The Morgan fingerprint density at radius 3 is 2.85 bits per heavy atom. The van der Waals surface area contributed by atoms with Crippen molar-refractivity contribution >= 4 is 11.6 Å². The number of carbonyl (C=O) groups excluding carboxylic acids is 1. The summed E-state index contributed by atoms with van der Waals surface area (Å²) in [5.74, 6) is 7.46. The fourth-order valence-corrected chi connectivity index (χ4v) is 2.83. The van der Waals surface area contributed by atoms with E-state index >= 15 is 0 Å². The van der Waals surface area contributed by atoms with Gasteiger partial charge in [-0.15, -0.1) is 0 Å². The summed E-state index contributed by atoms with van der Waals surface area (Å²) in [6, 6.07) is 13.0. The number of nitrogens with one attached hydrogen (secondary N) is 1. The highest BCUT2D eigenvalue weighted by molar-refractivity contribution is 6.03. The molecule has 0 atom stereocenters. The molecule has 1 aromatic heterocycles. The summed E-state index contributed by atoms with van der Waals surface area (Å²) in [7, 11) is 1.73. The van der Waals surface area contributed by atoms with Crippen molar-refractivity contribution in [2.45, 2.75) is 6.92 Å². The lowest BCUT2D eigenvalue weighted by atomic mass is 10.1. The molecule has 0 saturated carbocycles. The summed E-state index contributed by atoms with van der Waals surface area (Å²) in [5, 5.41) is 6.92. The van der Waals surface area contributed by atoms with Gasteiger partial charge in [-0.05, 0) is 48.9 Å². The maximum atomic E-state index is 12.3. The number of fused-ring (bicyclic) bond motifs is 1. The van der Waals surface area contributed by atoms with Crippen LogP contribution in [-0.4, -0.2) is 22.5 Å². The van der Waals surface area contributed by atoms with E-state index in [1.165, 1.54) is 4.68 Å². The number of aromatic nitrogens is 2. The summed E-state index contributed by atoms with van der Waals surface area (Å²) in [6.45, 7) is 2.15. The third kappa shape index (κ3) is 3.35. The first-order chi connectivity index (χ1) is 13.1. The lowest BCUT2D eigenvalue weighted by Gasteiger charge is -2.09. The van der Waals surface area contributed by atoms with Crippen LogP contribution in [0.2, 0.25) is 0 Å². The van der Waals surface area contributed by atoms with E-state index in [4.69, 9.17) is 9.47 Å². The molecule has 0 aliphatic carbocycles. The number of benzene rings is 2. The summed E-state index contributed by atoms with van der Waals surface area (Å²) >= 11 is 0. The first kappa shape index (κ1) is 16.7. The van der Waals surface area contributed by atoms with Gasteiger partial charge in [-0.2, -0.15) is 5.10 Å². The van der Waals surface area contributed by atoms with E-state index in [2.05, 4.69) is 22.3 Å². The smallest absolute Gasteiger partial charge is 0.273 e. The summed E-state index contributed by atoms with van der Waals surface area (Å²) in [5.41, 5.74) is 3.80. The van der Waals surface area contributed by atoms with Crippen LogP contribution in [0.1, 0.15) is 27.2 Å². The van der Waals surface area contributed by atoms with Gasteiger partial charge in [0.1, 0.15) is 5.69 Å². The van der Waals surface area contributed by atoms with Gasteiger partial charge in [-0.1, -0.05) is 17.9 Å². The topological polar surface area (TPSA) is 65.4 Å². The second-order valence-corrected chi connectivity index (χ2v) is 6.11. The van der Waals surface area contributed by atoms with E-state index in [9.17, 15) is 4.79 Å². The van der Waals surface area contributed by atoms with E-state index in [1.807, 2.05) is 43.3 Å². The maximum Gasteiger partial charge on any atom is 0.273 e. The van der Waals surface area contributed by atoms with Crippen LogP contribution in [0.5, 0.6) is 11.5 Å². The number of aryl methyl sites for hydroxylation is 2. The van der Waals surface area contributed by atoms with Gasteiger partial charge < -0.3 is 14.8 Å². The molecule has 3 aromatic rings. The van der Waals surface area contributed by atoms with Gasteiger partial charge in [-0.25, -0.2) is 0 Å². The van der Waals surface area contributed by atoms with Crippen LogP contribution in [0.25, 0.3) is 0 Å². The number of nitrogens with zero attached hydrogens (tertiary/aromatic N) is 2. The molecular weight excluding hydrogens is 342 g/mol. The van der Waals surface area contributed by atoms with E-state index in [-0.39, 0.29) is 12.7 Å². The first-order valence-electron chi connectivity index (χ1n) is 8.42. The molecule has 134 valence electrons. The predicted molar refractivity (Wildman–Crippen MR) is 101 cm³/mol. The average molecular weight is 359 g/mol. The fourth-order valence-electron chi connectivity index (χ4n) is 2.83. The molecule has 2 aromatic carbocycles. The van der Waals surface area contributed by atoms with Crippen molar-refractivity contribution < 1.29 is 14.3 Å². The van der Waals surface area contributed by atoms with Crippen molar-refractivity contribution in [3.05, 3.63) is 71.0 Å². The van der Waals surface area contributed by atoms with Crippen LogP contribution in [-0.2, 0) is 7.05 Å². The van der Waals surface area contributed by atoms with Crippen LogP contribution in [0.3, 0.4) is 0 Å². The molecule has 0 unspecified atom stereocenters. The number of anilines is 1. The normalized spacial score (nSPS) is 11.6. The molecule has 0 radical (unpaired) electrons. The number of hydrogen-bond donors (Lipinski definition) is 1. The zero-order valence-corrected chi connectivity index (χ0v) is 14.9. The summed E-state index contributed by atoms with van der Waals surface area (Å²) in [6.07, 6.45) is 1.59. The average Bonchev–Trinajstić information content (AvgIpc) is 3.30. The molecular formula is C21H17N3O3. The molecule has 1 N–H and O–H groups in total. The lowest BCUT2D eigenvalue weighted by molar-refractivity contribution is 0.101. The van der Waals surface area contributed by atoms with Crippen LogP contribution in [0.15, 0.2) is 48.7 Å². The number of carbonyl (C=O) groups is 1. The third-order valence-electron chi connectivity index (χ3n) is 4.27. The van der Waals surface area contributed by atoms with Gasteiger partial charge in [-0.3, -0.25) is 9.48 Å². The highest BCUT2D eigenvalue weighted by atomic mass is 16.7. The number of amides is 1. The highest BCUT2D eigenvalue weighted by Gasteiger charge is 2.16. The largest absolute Gasteiger partial charge is 0.454 e. The second-order valence-electron chi connectivity index (χ2n) is 6.11. The number of hydrogen-bond acceptors (Lipinski definition) is 4. The van der Waals surface area contributed by atoms with E-state index in [1.54, 1.807) is 19.3 Å². The maximum absolute atomic E-state index is 12.3. The van der Waals surface area contributed by atoms with Crippen molar-refractivity contribution in [2.24, 2.45) is 7.05 Å². The van der Waals surface area contributed by atoms with E-state index in [0.717, 1.165) is 22.4 Å². The van der Waals surface area contributed by atoms with Crippen molar-refractivity contribution in [1.29, 1.82) is 0 Å². The van der Waals surface area contributed by atoms with Crippen LogP contribution in [0, 0.1) is 18.8 Å².